The first-order chi connectivity index (χ1) is 5.65. The highest BCUT2D eigenvalue weighted by atomic mass is 35.5. The van der Waals surface area contributed by atoms with E-state index in [1.807, 2.05) is 0 Å². The molecule has 1 rings (SSSR count). The summed E-state index contributed by atoms with van der Waals surface area (Å²) in [5, 5.41) is 4.45. The Morgan fingerprint density at radius 1 is 1.17 bits per heavy atom. The van der Waals surface area contributed by atoms with E-state index in [-0.39, 0.29) is 0 Å². The van der Waals surface area contributed by atoms with Crippen molar-refractivity contribution in [3.8, 4) is 0 Å². The molecular weight excluding hydrogens is 218 g/mol. The molecule has 0 aliphatic heterocycles. The molecule has 64 valence electrons. The van der Waals surface area contributed by atoms with Gasteiger partial charge in [-0.2, -0.15) is 5.10 Å². The topological polar surface area (TPSA) is 38.4 Å². The van der Waals surface area contributed by atoms with E-state index in [0.717, 1.165) is 5.56 Å². The normalized spacial score (nSPS) is 10.9. The van der Waals surface area contributed by atoms with Gasteiger partial charge < -0.3 is 5.84 Å². The molecule has 0 atom stereocenters. The highest BCUT2D eigenvalue weighted by Crippen LogP contribution is 2.30. The van der Waals surface area contributed by atoms with Crippen LogP contribution in [0.5, 0.6) is 0 Å². The van der Waals surface area contributed by atoms with Crippen LogP contribution in [0.1, 0.15) is 5.56 Å². The van der Waals surface area contributed by atoms with E-state index >= 15 is 0 Å². The second kappa shape index (κ2) is 3.99. The smallest absolute Gasteiger partial charge is 0.0778 e. The van der Waals surface area contributed by atoms with Gasteiger partial charge in [0.25, 0.3) is 0 Å². The fraction of sp³-hybridized carbons (Fsp3) is 0. The highest BCUT2D eigenvalue weighted by molar-refractivity contribution is 6.48. The number of nitrogens with two attached hydrogens (primary N) is 1. The van der Waals surface area contributed by atoms with Crippen molar-refractivity contribution < 1.29 is 0 Å². The fourth-order valence-corrected chi connectivity index (χ4v) is 1.35. The third-order valence-corrected chi connectivity index (χ3v) is 2.43. The van der Waals surface area contributed by atoms with Gasteiger partial charge in [0.2, 0.25) is 0 Å². The van der Waals surface area contributed by atoms with Gasteiger partial charge in [0, 0.05) is 0 Å². The van der Waals surface area contributed by atoms with E-state index in [9.17, 15) is 0 Å². The van der Waals surface area contributed by atoms with Crippen LogP contribution in [-0.2, 0) is 0 Å². The maximum atomic E-state index is 5.74. The van der Waals surface area contributed by atoms with Crippen LogP contribution in [0, 0.1) is 0 Å². The molecule has 1 aromatic carbocycles. The maximum absolute atomic E-state index is 5.74. The first kappa shape index (κ1) is 9.65. The second-order valence-electron chi connectivity index (χ2n) is 2.08. The Bertz CT molecular complexity index is 299. The summed E-state index contributed by atoms with van der Waals surface area (Å²) in [6.45, 7) is 0. The first-order valence-corrected chi connectivity index (χ1v) is 4.16. The number of hydrazone groups is 1. The Morgan fingerprint density at radius 3 is 2.08 bits per heavy atom. The van der Waals surface area contributed by atoms with Crippen LogP contribution in [0.4, 0.5) is 0 Å². The third kappa shape index (κ3) is 2.03. The van der Waals surface area contributed by atoms with Gasteiger partial charge in [-0.05, 0) is 17.7 Å². The average molecular weight is 223 g/mol. The van der Waals surface area contributed by atoms with Crippen LogP contribution in [-0.4, -0.2) is 6.21 Å². The van der Waals surface area contributed by atoms with Gasteiger partial charge in [-0.25, -0.2) is 0 Å². The Morgan fingerprint density at radius 2 is 1.67 bits per heavy atom. The molecule has 0 amide bonds. The Balaban J connectivity index is 3.21. The van der Waals surface area contributed by atoms with Crippen LogP contribution in [0.25, 0.3) is 0 Å². The summed E-state index contributed by atoms with van der Waals surface area (Å²) in [6, 6.07) is 3.26. The molecule has 1 aromatic rings. The molecule has 12 heavy (non-hydrogen) atoms. The van der Waals surface area contributed by atoms with E-state index in [2.05, 4.69) is 5.10 Å². The van der Waals surface area contributed by atoms with Gasteiger partial charge in [0.05, 0.1) is 21.3 Å². The zero-order chi connectivity index (χ0) is 9.14. The molecule has 2 N–H and O–H groups in total. The van der Waals surface area contributed by atoms with Crippen molar-refractivity contribution in [1.82, 2.24) is 0 Å². The molecule has 0 fully saturated rings. The SMILES string of the molecule is N/N=C/c1cc(Cl)c(Cl)c(Cl)c1. The van der Waals surface area contributed by atoms with Gasteiger partial charge >= 0.3 is 0 Å². The lowest BCUT2D eigenvalue weighted by Gasteiger charge is -1.99. The maximum Gasteiger partial charge on any atom is 0.0778 e. The predicted molar refractivity (Wildman–Crippen MR) is 53.3 cm³/mol. The molecule has 0 radical (unpaired) electrons. The van der Waals surface area contributed by atoms with Gasteiger partial charge in [0.1, 0.15) is 0 Å². The molecule has 0 saturated carbocycles. The highest BCUT2D eigenvalue weighted by Gasteiger charge is 2.03. The summed E-state index contributed by atoms with van der Waals surface area (Å²) in [5.41, 5.74) is 0.719. The third-order valence-electron chi connectivity index (χ3n) is 1.23. The van der Waals surface area contributed by atoms with Crippen molar-refractivity contribution in [1.29, 1.82) is 0 Å². The fourth-order valence-electron chi connectivity index (χ4n) is 0.736. The summed E-state index contributed by atoms with van der Waals surface area (Å²) in [7, 11) is 0. The quantitative estimate of drug-likeness (QED) is 0.338. The monoisotopic (exact) mass is 222 g/mol. The Kier molecular flexibility index (Phi) is 3.20. The predicted octanol–water partition coefficient (Wildman–Crippen LogP) is 2.94. The number of benzene rings is 1. The molecule has 0 aliphatic carbocycles. The van der Waals surface area contributed by atoms with E-state index in [0.29, 0.717) is 15.1 Å². The largest absolute Gasteiger partial charge is 0.323 e. The zero-order valence-electron chi connectivity index (χ0n) is 5.89. The van der Waals surface area contributed by atoms with Crippen molar-refractivity contribution in [3.63, 3.8) is 0 Å². The molecule has 0 unspecified atom stereocenters. The van der Waals surface area contributed by atoms with Crippen LogP contribution in [0.3, 0.4) is 0 Å². The lowest BCUT2D eigenvalue weighted by molar-refractivity contribution is 1.26. The van der Waals surface area contributed by atoms with Crippen molar-refractivity contribution in [3.05, 3.63) is 32.8 Å². The Hall–Kier alpha value is -0.440. The van der Waals surface area contributed by atoms with Crippen LogP contribution >= 0.6 is 34.8 Å². The van der Waals surface area contributed by atoms with Crippen LogP contribution in [0.15, 0.2) is 17.2 Å². The van der Waals surface area contributed by atoms with E-state index in [1.165, 1.54) is 6.21 Å². The lowest BCUT2D eigenvalue weighted by Crippen LogP contribution is -1.86. The molecule has 0 spiro atoms. The number of halogens is 3. The summed E-state index contributed by atoms with van der Waals surface area (Å²) >= 11 is 17.2. The molecule has 0 saturated heterocycles. The van der Waals surface area contributed by atoms with Gasteiger partial charge in [-0.15, -0.1) is 0 Å². The number of rotatable bonds is 1. The Labute approximate surface area is 84.9 Å². The zero-order valence-corrected chi connectivity index (χ0v) is 8.16. The van der Waals surface area contributed by atoms with Gasteiger partial charge in [-0.1, -0.05) is 34.8 Å². The standard InChI is InChI=1S/C7H5Cl3N2/c8-5-1-4(3-12-11)2-6(9)7(5)10/h1-3H,11H2/b12-3+. The van der Waals surface area contributed by atoms with Crippen LogP contribution in [0.2, 0.25) is 15.1 Å². The minimum Gasteiger partial charge on any atom is -0.323 e. The molecule has 0 aromatic heterocycles. The molecular formula is C7H5Cl3N2. The summed E-state index contributed by atoms with van der Waals surface area (Å²) in [6.07, 6.45) is 1.44. The van der Waals surface area contributed by atoms with E-state index in [4.69, 9.17) is 40.6 Å². The molecule has 0 bridgehead atoms. The minimum atomic E-state index is 0.340. The minimum absolute atomic E-state index is 0.340. The first-order valence-electron chi connectivity index (χ1n) is 3.03. The van der Waals surface area contributed by atoms with Crippen molar-refractivity contribution >= 4 is 41.0 Å². The summed E-state index contributed by atoms with van der Waals surface area (Å²) in [4.78, 5) is 0. The molecule has 0 heterocycles. The summed E-state index contributed by atoms with van der Waals surface area (Å²) < 4.78 is 0. The summed E-state index contributed by atoms with van der Waals surface area (Å²) in [5.74, 6) is 4.95. The number of nitrogens with zero attached hydrogens (tertiary/aromatic N) is 1. The van der Waals surface area contributed by atoms with Gasteiger partial charge in [0.15, 0.2) is 0 Å². The molecule has 0 aliphatic rings. The lowest BCUT2D eigenvalue weighted by atomic mass is 10.2. The average Bonchev–Trinajstić information content (AvgIpc) is 2.01. The number of hydrogen-bond donors (Lipinski definition) is 1. The van der Waals surface area contributed by atoms with Gasteiger partial charge in [-0.3, -0.25) is 0 Å². The van der Waals surface area contributed by atoms with E-state index < -0.39 is 0 Å². The molecule has 2 nitrogen and oxygen atoms in total. The number of hydrogen-bond acceptors (Lipinski definition) is 2. The second-order valence-corrected chi connectivity index (χ2v) is 3.27. The molecule has 5 heteroatoms. The van der Waals surface area contributed by atoms with Crippen LogP contribution < -0.4 is 5.84 Å². The van der Waals surface area contributed by atoms with Crippen molar-refractivity contribution in [2.24, 2.45) is 10.9 Å². The van der Waals surface area contributed by atoms with Crippen molar-refractivity contribution in [2.75, 3.05) is 0 Å². The van der Waals surface area contributed by atoms with E-state index in [1.54, 1.807) is 12.1 Å². The van der Waals surface area contributed by atoms with Crippen molar-refractivity contribution in [2.45, 2.75) is 0 Å².